The molecule has 0 saturated heterocycles. The van der Waals surface area contributed by atoms with Gasteiger partial charge in [-0.25, -0.2) is 13.1 Å². The van der Waals surface area contributed by atoms with E-state index in [-0.39, 0.29) is 21.3 Å². The van der Waals surface area contributed by atoms with Crippen molar-refractivity contribution >= 4 is 33.5 Å². The fourth-order valence-electron chi connectivity index (χ4n) is 0.453. The van der Waals surface area contributed by atoms with E-state index < -0.39 is 0 Å². The number of rotatable bonds is 1. The molecule has 54 valence electrons. The van der Waals surface area contributed by atoms with E-state index >= 15 is 0 Å². The Labute approximate surface area is 69.7 Å². The Hall–Kier alpha value is -0.590. The highest BCUT2D eigenvalue weighted by molar-refractivity contribution is 14.1. The van der Waals surface area contributed by atoms with Gasteiger partial charge in [0.25, 0.3) is 0 Å². The number of hydrogen-bond donors (Lipinski definition) is 1. The molecule has 1 N–H and O–H groups in total. The summed E-state index contributed by atoms with van der Waals surface area (Å²) in [6, 6.07) is 0. The molecule has 1 heterocycles. The van der Waals surface area contributed by atoms with Gasteiger partial charge in [0, 0.05) is 7.05 Å². The smallest absolute Gasteiger partial charge is 0.162 e. The third kappa shape index (κ3) is 1.69. The second-order valence-corrected chi connectivity index (χ2v) is 3.50. The van der Waals surface area contributed by atoms with Gasteiger partial charge in [0.05, 0.1) is 0 Å². The summed E-state index contributed by atoms with van der Waals surface area (Å²) in [7, 11) is 1.78. The molecule has 0 saturated carbocycles. The van der Waals surface area contributed by atoms with E-state index in [4.69, 9.17) is 0 Å². The van der Waals surface area contributed by atoms with Crippen LogP contribution in [0.25, 0.3) is 0 Å². The van der Waals surface area contributed by atoms with Crippen LogP contribution < -0.4 is 3.53 Å². The minimum Gasteiger partial charge on any atom is -0.302 e. The van der Waals surface area contributed by atoms with Gasteiger partial charge in [0.2, 0.25) is 0 Å². The molecule has 10 heavy (non-hydrogen) atoms. The van der Waals surface area contributed by atoms with Crippen molar-refractivity contribution in [2.45, 2.75) is 0 Å². The van der Waals surface area contributed by atoms with Gasteiger partial charge >= 0.3 is 0 Å². The maximum atomic E-state index is 3.96. The first-order valence-corrected chi connectivity index (χ1v) is 4.67. The van der Waals surface area contributed by atoms with Gasteiger partial charge in [-0.2, -0.15) is 0 Å². The highest BCUT2D eigenvalue weighted by Crippen LogP contribution is 2.03. The van der Waals surface area contributed by atoms with Gasteiger partial charge in [-0.05, 0) is 0 Å². The Bertz CT molecular complexity index is 228. The van der Waals surface area contributed by atoms with Crippen molar-refractivity contribution in [2.24, 2.45) is 13.1 Å². The monoisotopic (exact) mass is 250 g/mol. The first-order chi connectivity index (χ1) is 4.84. The van der Waals surface area contributed by atoms with E-state index in [2.05, 4.69) is 23.2 Å². The van der Waals surface area contributed by atoms with E-state index in [9.17, 15) is 0 Å². The van der Waals surface area contributed by atoms with E-state index in [0.29, 0.717) is 5.70 Å². The van der Waals surface area contributed by atoms with Crippen molar-refractivity contribution in [3.05, 3.63) is 12.3 Å². The molecule has 1 rings (SSSR count). The summed E-state index contributed by atoms with van der Waals surface area (Å²) in [6.07, 6.45) is 1.49. The molecule has 0 radical (unpaired) electrons. The Balaban J connectivity index is 2.52. The topological polar surface area (TPSA) is 49.1 Å². The largest absolute Gasteiger partial charge is 0.302 e. The van der Waals surface area contributed by atoms with Crippen LogP contribution in [0.4, 0.5) is 0 Å². The zero-order chi connectivity index (χ0) is 7.40. The molecule has 0 spiro atoms. The maximum Gasteiger partial charge on any atom is 0.162 e. The predicted octanol–water partition coefficient (Wildman–Crippen LogP) is 1.23. The van der Waals surface area contributed by atoms with Crippen molar-refractivity contribution in [1.29, 1.82) is 0 Å². The first-order valence-electron chi connectivity index (χ1n) is 2.62. The van der Waals surface area contributed by atoms with E-state index in [1.165, 1.54) is 6.34 Å². The average Bonchev–Trinajstić information content (AvgIpc) is 2.31. The number of halogens is 1. The molecule has 4 nitrogen and oxygen atoms in total. The van der Waals surface area contributed by atoms with Crippen molar-refractivity contribution in [1.82, 2.24) is 3.53 Å². The number of hydrogen-bond acceptors (Lipinski definition) is 3. The molecule has 1 aliphatic heterocycles. The Morgan fingerprint density at radius 1 is 1.80 bits per heavy atom. The average molecular weight is 250 g/mol. The molecule has 5 heteroatoms. The number of nitrogens with zero attached hydrogens (tertiary/aromatic N) is 3. The van der Waals surface area contributed by atoms with Crippen molar-refractivity contribution in [3.63, 3.8) is 0 Å². The zero-order valence-electron chi connectivity index (χ0n) is 5.50. The summed E-state index contributed by atoms with van der Waals surface area (Å²) in [5.74, 6) is 0.762. The van der Waals surface area contributed by atoms with Crippen LogP contribution in [0.15, 0.2) is 25.4 Å². The van der Waals surface area contributed by atoms with E-state index in [1.54, 1.807) is 7.05 Å². The summed E-state index contributed by atoms with van der Waals surface area (Å²) < 4.78 is 7.00. The van der Waals surface area contributed by atoms with Gasteiger partial charge < -0.3 is 3.53 Å². The molecule has 0 bridgehead atoms. The standard InChI is InChI=1S/C5H7IN4/c1-4-5(9-3-8-4)10-6-7-2/h3H,1H2,2H3,(H,7,8,9,10). The van der Waals surface area contributed by atoms with Gasteiger partial charge in [-0.3, -0.25) is 0 Å². The van der Waals surface area contributed by atoms with E-state index in [0.717, 1.165) is 5.84 Å². The van der Waals surface area contributed by atoms with Crippen molar-refractivity contribution in [3.8, 4) is 0 Å². The lowest BCUT2D eigenvalue weighted by molar-refractivity contribution is 1.47. The van der Waals surface area contributed by atoms with Crippen molar-refractivity contribution in [2.75, 3.05) is 7.05 Å². The molecule has 0 unspecified atom stereocenters. The quantitative estimate of drug-likeness (QED) is 0.552. The Morgan fingerprint density at radius 2 is 2.60 bits per heavy atom. The summed E-state index contributed by atoms with van der Waals surface area (Å²) >= 11 is -0.309. The highest BCUT2D eigenvalue weighted by Gasteiger charge is 2.04. The molecular weight excluding hydrogens is 243 g/mol. The third-order valence-corrected chi connectivity index (χ3v) is 2.12. The number of amidine groups is 1. The highest BCUT2D eigenvalue weighted by atomic mass is 127. The summed E-state index contributed by atoms with van der Waals surface area (Å²) in [6.45, 7) is 3.67. The SMILES string of the molecule is C=C1N=CN=C1NI=NC. The lowest BCUT2D eigenvalue weighted by atomic mass is 10.5. The van der Waals surface area contributed by atoms with Crippen LogP contribution in [0.2, 0.25) is 0 Å². The molecule has 0 aromatic rings. The Kier molecular flexibility index (Phi) is 2.67. The zero-order valence-corrected chi connectivity index (χ0v) is 7.66. The number of aliphatic imine (C=N–C) groups is 2. The van der Waals surface area contributed by atoms with Crippen LogP contribution in [0.3, 0.4) is 0 Å². The van der Waals surface area contributed by atoms with E-state index in [1.807, 2.05) is 0 Å². The molecule has 0 aliphatic carbocycles. The minimum absolute atomic E-state index is 0.309. The molecule has 0 amide bonds. The van der Waals surface area contributed by atoms with Gasteiger partial charge in [-0.1, -0.05) is 6.58 Å². The lowest BCUT2D eigenvalue weighted by Gasteiger charge is -1.94. The predicted molar refractivity (Wildman–Crippen MR) is 50.6 cm³/mol. The fourth-order valence-corrected chi connectivity index (χ4v) is 1.37. The van der Waals surface area contributed by atoms with Crippen LogP contribution >= 0.6 is 21.3 Å². The van der Waals surface area contributed by atoms with Crippen molar-refractivity contribution < 1.29 is 0 Å². The second kappa shape index (κ2) is 3.55. The van der Waals surface area contributed by atoms with Gasteiger partial charge in [-0.15, -0.1) is 0 Å². The molecule has 0 aromatic carbocycles. The Morgan fingerprint density at radius 3 is 3.10 bits per heavy atom. The maximum absolute atomic E-state index is 3.96. The minimum atomic E-state index is -0.309. The summed E-state index contributed by atoms with van der Waals surface area (Å²) in [5.41, 5.74) is 0.698. The normalized spacial score (nSPS) is 17.3. The molecule has 0 aromatic heterocycles. The fraction of sp³-hybridized carbons (Fsp3) is 0.200. The third-order valence-electron chi connectivity index (χ3n) is 0.890. The summed E-state index contributed by atoms with van der Waals surface area (Å²) in [5, 5.41) is 0. The number of nitrogens with one attached hydrogen (secondary N) is 1. The molecule has 0 fully saturated rings. The van der Waals surface area contributed by atoms with Crippen LogP contribution in [-0.2, 0) is 0 Å². The van der Waals surface area contributed by atoms with Crippen LogP contribution in [-0.4, -0.2) is 19.2 Å². The summed E-state index contributed by atoms with van der Waals surface area (Å²) in [4.78, 5) is 7.80. The van der Waals surface area contributed by atoms with Gasteiger partial charge in [0.15, 0.2) is 5.84 Å². The van der Waals surface area contributed by atoms with Crippen LogP contribution in [0.1, 0.15) is 0 Å². The van der Waals surface area contributed by atoms with Crippen LogP contribution in [0, 0.1) is 0 Å². The molecular formula is C5H7IN4. The molecule has 1 aliphatic rings. The van der Waals surface area contributed by atoms with Crippen LogP contribution in [0.5, 0.6) is 0 Å². The molecule has 0 atom stereocenters. The van der Waals surface area contributed by atoms with Gasteiger partial charge in [0.1, 0.15) is 33.3 Å². The lowest BCUT2D eigenvalue weighted by Crippen LogP contribution is -2.11. The second-order valence-electron chi connectivity index (χ2n) is 1.52. The first kappa shape index (κ1) is 7.52.